The van der Waals surface area contributed by atoms with Gasteiger partial charge in [0.2, 0.25) is 0 Å². The number of imidazole rings is 1. The number of nitrogen functional groups attached to an aromatic ring is 1. The van der Waals surface area contributed by atoms with E-state index in [0.717, 1.165) is 49.5 Å². The zero-order valence-electron chi connectivity index (χ0n) is 13.1. The molecule has 24 heavy (non-hydrogen) atoms. The first-order valence-electron chi connectivity index (χ1n) is 8.14. The third-order valence-corrected chi connectivity index (χ3v) is 5.91. The molecule has 0 saturated carbocycles. The van der Waals surface area contributed by atoms with Gasteiger partial charge in [-0.15, -0.1) is 11.3 Å². The molecule has 124 valence electrons. The third kappa shape index (κ3) is 2.15. The summed E-state index contributed by atoms with van der Waals surface area (Å²) in [4.78, 5) is 26.6. The van der Waals surface area contributed by atoms with Crippen LogP contribution in [0.4, 0.5) is 10.9 Å². The van der Waals surface area contributed by atoms with Crippen LogP contribution >= 0.6 is 11.3 Å². The number of thiazole rings is 1. The topological polar surface area (TPSA) is 99.8 Å². The molecule has 0 aliphatic carbocycles. The molecule has 5 heterocycles. The van der Waals surface area contributed by atoms with Crippen LogP contribution in [0.2, 0.25) is 0 Å². The molecule has 0 bridgehead atoms. The molecule has 3 N–H and O–H groups in total. The monoisotopic (exact) mass is 342 g/mol. The Kier molecular flexibility index (Phi) is 3.17. The summed E-state index contributed by atoms with van der Waals surface area (Å²) in [5.74, 6) is 0.980. The highest BCUT2D eigenvalue weighted by Gasteiger charge is 2.43. The lowest BCUT2D eigenvalue weighted by molar-refractivity contribution is 0.248. The molecule has 2 atom stereocenters. The van der Waals surface area contributed by atoms with E-state index < -0.39 is 0 Å². The highest BCUT2D eigenvalue weighted by atomic mass is 32.1. The molecule has 8 nitrogen and oxygen atoms in total. The van der Waals surface area contributed by atoms with Gasteiger partial charge >= 0.3 is 0 Å². The zero-order valence-corrected chi connectivity index (χ0v) is 13.9. The number of rotatable bonds is 3. The van der Waals surface area contributed by atoms with E-state index in [1.54, 1.807) is 24.0 Å². The van der Waals surface area contributed by atoms with Crippen molar-refractivity contribution in [3.63, 3.8) is 0 Å². The van der Waals surface area contributed by atoms with Gasteiger partial charge in [0, 0.05) is 42.8 Å². The van der Waals surface area contributed by atoms with E-state index >= 15 is 0 Å². The van der Waals surface area contributed by atoms with E-state index in [2.05, 4.69) is 34.7 Å². The standard InChI is InChI=1S/C15H18N8S/c16-15-17-5-9(24-15)6-22-3-1-11-10(22)2-4-23(11)14-12-13(19-7-18-12)20-8-21-14/h5,7-8,10-11H,1-4,6H2,(H2,16,17)(H,18,19,20,21)/t10-,11-/m0/s1. The number of aromatic nitrogens is 5. The number of nitrogens with two attached hydrogens (primary N) is 1. The van der Waals surface area contributed by atoms with Crippen molar-refractivity contribution in [3.8, 4) is 0 Å². The molecular formula is C15H18N8S. The Morgan fingerprint density at radius 2 is 2.08 bits per heavy atom. The number of likely N-dealkylation sites (tertiary alicyclic amines) is 1. The Balaban J connectivity index is 1.40. The van der Waals surface area contributed by atoms with Gasteiger partial charge < -0.3 is 15.6 Å². The minimum atomic E-state index is 0.497. The fourth-order valence-corrected chi connectivity index (χ4v) is 4.81. The average molecular weight is 342 g/mol. The molecule has 0 amide bonds. The first-order valence-corrected chi connectivity index (χ1v) is 8.96. The predicted octanol–water partition coefficient (Wildman–Crippen LogP) is 1.24. The normalized spacial score (nSPS) is 24.1. The summed E-state index contributed by atoms with van der Waals surface area (Å²) in [5.41, 5.74) is 7.43. The summed E-state index contributed by atoms with van der Waals surface area (Å²) in [6.45, 7) is 3.05. The number of anilines is 2. The van der Waals surface area contributed by atoms with Crippen LogP contribution in [0.5, 0.6) is 0 Å². The molecule has 9 heteroatoms. The smallest absolute Gasteiger partial charge is 0.182 e. The van der Waals surface area contributed by atoms with Gasteiger partial charge in [-0.25, -0.2) is 19.9 Å². The fraction of sp³-hybridized carbons (Fsp3) is 0.467. The maximum Gasteiger partial charge on any atom is 0.182 e. The van der Waals surface area contributed by atoms with Gasteiger partial charge in [-0.1, -0.05) is 0 Å². The summed E-state index contributed by atoms with van der Waals surface area (Å²) < 4.78 is 0. The van der Waals surface area contributed by atoms with Crippen LogP contribution < -0.4 is 10.6 Å². The van der Waals surface area contributed by atoms with Crippen LogP contribution in [-0.4, -0.2) is 55.0 Å². The summed E-state index contributed by atoms with van der Waals surface area (Å²) >= 11 is 1.59. The zero-order chi connectivity index (χ0) is 16.1. The van der Waals surface area contributed by atoms with Crippen LogP contribution in [0.15, 0.2) is 18.9 Å². The van der Waals surface area contributed by atoms with Crippen LogP contribution in [0.25, 0.3) is 11.2 Å². The second kappa shape index (κ2) is 5.38. The summed E-state index contributed by atoms with van der Waals surface area (Å²) in [7, 11) is 0. The van der Waals surface area contributed by atoms with Gasteiger partial charge in [-0.3, -0.25) is 4.90 Å². The number of hydrogen-bond acceptors (Lipinski definition) is 8. The number of hydrogen-bond donors (Lipinski definition) is 2. The van der Waals surface area contributed by atoms with Crippen molar-refractivity contribution >= 4 is 33.5 Å². The molecular weight excluding hydrogens is 324 g/mol. The van der Waals surface area contributed by atoms with Crippen molar-refractivity contribution in [2.75, 3.05) is 23.7 Å². The number of aromatic amines is 1. The van der Waals surface area contributed by atoms with Crippen LogP contribution in [0.1, 0.15) is 17.7 Å². The van der Waals surface area contributed by atoms with E-state index in [4.69, 9.17) is 5.73 Å². The molecule has 2 aliphatic rings. The van der Waals surface area contributed by atoms with Gasteiger partial charge in [0.05, 0.1) is 6.33 Å². The molecule has 0 unspecified atom stereocenters. The number of H-pyrrole nitrogens is 1. The Labute approximate surface area is 142 Å². The SMILES string of the molecule is Nc1ncc(CN2CC[C@H]3[C@@H]2CCN3c2ncnc3nc[nH]c23)s1. The molecule has 2 saturated heterocycles. The minimum Gasteiger partial charge on any atom is -0.375 e. The summed E-state index contributed by atoms with van der Waals surface area (Å²) in [6.07, 6.45) is 7.50. The molecule has 0 aromatic carbocycles. The Morgan fingerprint density at radius 3 is 2.96 bits per heavy atom. The molecule has 3 aromatic heterocycles. The van der Waals surface area contributed by atoms with E-state index in [0.29, 0.717) is 17.2 Å². The van der Waals surface area contributed by atoms with Crippen molar-refractivity contribution in [1.82, 2.24) is 29.8 Å². The Hall–Kier alpha value is -2.26. The maximum absolute atomic E-state index is 5.76. The largest absolute Gasteiger partial charge is 0.375 e. The predicted molar refractivity (Wildman–Crippen MR) is 92.8 cm³/mol. The van der Waals surface area contributed by atoms with Crippen molar-refractivity contribution < 1.29 is 0 Å². The van der Waals surface area contributed by atoms with Gasteiger partial charge in [0.15, 0.2) is 16.6 Å². The number of nitrogens with one attached hydrogen (secondary N) is 1. The Bertz CT molecular complexity index is 873. The van der Waals surface area contributed by atoms with Crippen molar-refractivity contribution in [1.29, 1.82) is 0 Å². The number of nitrogens with zero attached hydrogens (tertiary/aromatic N) is 6. The summed E-state index contributed by atoms with van der Waals surface area (Å²) in [5, 5.41) is 0.649. The number of fused-ring (bicyclic) bond motifs is 2. The van der Waals surface area contributed by atoms with Gasteiger partial charge in [0.25, 0.3) is 0 Å². The lowest BCUT2D eigenvalue weighted by atomic mass is 10.1. The summed E-state index contributed by atoms with van der Waals surface area (Å²) in [6, 6.07) is 1.05. The molecule has 0 spiro atoms. The van der Waals surface area contributed by atoms with Gasteiger partial charge in [-0.05, 0) is 12.8 Å². The second-order valence-electron chi connectivity index (χ2n) is 6.34. The van der Waals surface area contributed by atoms with Gasteiger partial charge in [0.1, 0.15) is 11.8 Å². The lowest BCUT2D eigenvalue weighted by Crippen LogP contribution is -2.36. The van der Waals surface area contributed by atoms with Crippen molar-refractivity contribution in [2.24, 2.45) is 0 Å². The molecule has 2 aliphatic heterocycles. The second-order valence-corrected chi connectivity index (χ2v) is 7.49. The van der Waals surface area contributed by atoms with Crippen LogP contribution in [0, 0.1) is 0 Å². The maximum atomic E-state index is 5.76. The van der Waals surface area contributed by atoms with Crippen LogP contribution in [-0.2, 0) is 6.54 Å². The van der Waals surface area contributed by atoms with Gasteiger partial charge in [-0.2, -0.15) is 0 Å². The van der Waals surface area contributed by atoms with E-state index in [9.17, 15) is 0 Å². The van der Waals surface area contributed by atoms with Crippen molar-refractivity contribution in [2.45, 2.75) is 31.5 Å². The molecule has 3 aromatic rings. The molecule has 5 rings (SSSR count). The quantitative estimate of drug-likeness (QED) is 0.739. The van der Waals surface area contributed by atoms with E-state index in [1.807, 2.05) is 6.20 Å². The third-order valence-electron chi connectivity index (χ3n) is 5.10. The lowest BCUT2D eigenvalue weighted by Gasteiger charge is -2.26. The highest BCUT2D eigenvalue weighted by molar-refractivity contribution is 7.15. The Morgan fingerprint density at radius 1 is 1.17 bits per heavy atom. The molecule has 0 radical (unpaired) electrons. The minimum absolute atomic E-state index is 0.497. The molecule has 2 fully saturated rings. The average Bonchev–Trinajstić information content (AvgIpc) is 3.33. The first-order chi connectivity index (χ1) is 11.8. The van der Waals surface area contributed by atoms with Crippen LogP contribution in [0.3, 0.4) is 0 Å². The first kappa shape index (κ1) is 14.1. The van der Waals surface area contributed by atoms with Crippen molar-refractivity contribution in [3.05, 3.63) is 23.7 Å². The van der Waals surface area contributed by atoms with E-state index in [-0.39, 0.29) is 0 Å². The highest BCUT2D eigenvalue weighted by Crippen LogP contribution is 2.37. The fourth-order valence-electron chi connectivity index (χ4n) is 4.10. The van der Waals surface area contributed by atoms with E-state index in [1.165, 1.54) is 4.88 Å².